The van der Waals surface area contributed by atoms with Crippen molar-refractivity contribution in [2.45, 2.75) is 13.0 Å². The summed E-state index contributed by atoms with van der Waals surface area (Å²) in [6.07, 6.45) is 4.09. The number of carbonyl (C=O) groups is 1. The lowest BCUT2D eigenvalue weighted by Gasteiger charge is -2.26. The smallest absolute Gasteiger partial charge is 0.246 e. The van der Waals surface area contributed by atoms with Crippen molar-refractivity contribution in [1.29, 1.82) is 0 Å². The third-order valence-electron chi connectivity index (χ3n) is 5.21. The highest BCUT2D eigenvalue weighted by atomic mass is 35.5. The van der Waals surface area contributed by atoms with E-state index in [9.17, 15) is 4.79 Å². The number of hydrogen-bond donors (Lipinski definition) is 1. The molecule has 0 bridgehead atoms. The molecule has 3 aromatic rings. The van der Waals surface area contributed by atoms with Gasteiger partial charge in [0.25, 0.3) is 0 Å². The zero-order valence-corrected chi connectivity index (χ0v) is 17.6. The monoisotopic (exact) mass is 423 g/mol. The van der Waals surface area contributed by atoms with Gasteiger partial charge in [0, 0.05) is 59.1 Å². The fraction of sp³-hybridized carbons (Fsp3) is 0.217. The molecule has 30 heavy (non-hydrogen) atoms. The minimum atomic E-state index is -0.0539. The summed E-state index contributed by atoms with van der Waals surface area (Å²) in [4.78, 5) is 14.7. The van der Waals surface area contributed by atoms with E-state index in [0.29, 0.717) is 29.6 Å². The molecule has 0 fully saturated rings. The minimum Gasteiger partial charge on any atom is -0.497 e. The number of aromatic amines is 1. The first-order valence-corrected chi connectivity index (χ1v) is 9.98. The van der Waals surface area contributed by atoms with Crippen molar-refractivity contribution in [3.63, 3.8) is 0 Å². The zero-order chi connectivity index (χ0) is 21.1. The quantitative estimate of drug-likeness (QED) is 0.619. The molecule has 0 saturated carbocycles. The molecule has 0 radical (unpaired) electrons. The van der Waals surface area contributed by atoms with Crippen LogP contribution in [-0.4, -0.2) is 41.8 Å². The normalized spacial score (nSPS) is 13.4. The number of methoxy groups -OCH3 is 2. The van der Waals surface area contributed by atoms with Gasteiger partial charge >= 0.3 is 0 Å². The molecule has 1 aromatic heterocycles. The molecule has 0 unspecified atom stereocenters. The van der Waals surface area contributed by atoms with Gasteiger partial charge in [-0.25, -0.2) is 0 Å². The molecule has 0 atom stereocenters. The third-order valence-corrected chi connectivity index (χ3v) is 5.46. The fourth-order valence-corrected chi connectivity index (χ4v) is 3.68. The van der Waals surface area contributed by atoms with Crippen molar-refractivity contribution in [2.75, 3.05) is 20.8 Å². The van der Waals surface area contributed by atoms with Gasteiger partial charge in [-0.05, 0) is 30.3 Å². The molecule has 0 spiro atoms. The number of nitrogens with one attached hydrogen (secondary N) is 1. The van der Waals surface area contributed by atoms with Crippen LogP contribution in [0.5, 0.6) is 11.5 Å². The summed E-state index contributed by atoms with van der Waals surface area (Å²) in [7, 11) is 3.20. The molecule has 6 nitrogen and oxygen atoms in total. The topological polar surface area (TPSA) is 67.5 Å². The number of hydrogen-bond acceptors (Lipinski definition) is 4. The summed E-state index contributed by atoms with van der Waals surface area (Å²) >= 11 is 6.00. The lowest BCUT2D eigenvalue weighted by molar-refractivity contribution is -0.126. The van der Waals surface area contributed by atoms with Crippen molar-refractivity contribution in [3.05, 3.63) is 70.4 Å². The van der Waals surface area contributed by atoms with E-state index < -0.39 is 0 Å². The molecule has 7 heteroatoms. The fourth-order valence-electron chi connectivity index (χ4n) is 3.55. The number of fused-ring (bicyclic) bond motifs is 1. The average Bonchev–Trinajstić information content (AvgIpc) is 3.21. The number of benzene rings is 2. The number of halogens is 1. The molecule has 0 aliphatic carbocycles. The van der Waals surface area contributed by atoms with Crippen molar-refractivity contribution < 1.29 is 14.3 Å². The van der Waals surface area contributed by atoms with Gasteiger partial charge in [0.1, 0.15) is 11.5 Å². The van der Waals surface area contributed by atoms with Gasteiger partial charge < -0.3 is 14.4 Å². The number of ether oxygens (including phenoxy) is 2. The van der Waals surface area contributed by atoms with Gasteiger partial charge in [-0.15, -0.1) is 0 Å². The van der Waals surface area contributed by atoms with Crippen LogP contribution in [0.3, 0.4) is 0 Å². The lowest BCUT2D eigenvalue weighted by atomic mass is 10.0. The maximum Gasteiger partial charge on any atom is 0.246 e. The Labute approximate surface area is 180 Å². The third kappa shape index (κ3) is 4.04. The molecule has 154 valence electrons. The standard InChI is InChI=1S/C23H22ClN3O3/c1-29-18-9-5-15(21(13-18)30-2)6-10-22(28)27-12-11-20-19(14-27)23(26-25-20)16-3-7-17(24)8-4-16/h3-10,13H,11-12,14H2,1-2H3,(H,25,26)/b10-6+. The maximum absolute atomic E-state index is 12.8. The number of nitrogens with zero attached hydrogens (tertiary/aromatic N) is 2. The molecule has 2 heterocycles. The second-order valence-electron chi connectivity index (χ2n) is 6.99. The average molecular weight is 424 g/mol. The number of amides is 1. The first-order chi connectivity index (χ1) is 14.6. The highest BCUT2D eigenvalue weighted by Crippen LogP contribution is 2.30. The number of aromatic nitrogens is 2. The largest absolute Gasteiger partial charge is 0.497 e. The van der Waals surface area contributed by atoms with E-state index in [0.717, 1.165) is 34.5 Å². The molecular weight excluding hydrogens is 402 g/mol. The summed E-state index contributed by atoms with van der Waals surface area (Å²) in [5.74, 6) is 1.30. The Bertz CT molecular complexity index is 1090. The van der Waals surface area contributed by atoms with Crippen LogP contribution < -0.4 is 9.47 Å². The van der Waals surface area contributed by atoms with Crippen LogP contribution in [-0.2, 0) is 17.8 Å². The van der Waals surface area contributed by atoms with Gasteiger partial charge in [-0.2, -0.15) is 5.10 Å². The maximum atomic E-state index is 12.8. The molecule has 1 aliphatic heterocycles. The summed E-state index contributed by atoms with van der Waals surface area (Å²) in [5.41, 5.74) is 4.77. The van der Waals surface area contributed by atoms with Crippen LogP contribution in [0.2, 0.25) is 5.02 Å². The number of H-pyrrole nitrogens is 1. The Morgan fingerprint density at radius 1 is 1.17 bits per heavy atom. The van der Waals surface area contributed by atoms with Gasteiger partial charge in [-0.3, -0.25) is 9.89 Å². The minimum absolute atomic E-state index is 0.0539. The van der Waals surface area contributed by atoms with Crippen LogP contribution in [0.25, 0.3) is 17.3 Å². The number of carbonyl (C=O) groups excluding carboxylic acids is 1. The molecule has 0 saturated heterocycles. The van der Waals surface area contributed by atoms with Gasteiger partial charge in [-0.1, -0.05) is 23.7 Å². The van der Waals surface area contributed by atoms with Crippen molar-refractivity contribution in [1.82, 2.24) is 15.1 Å². The Hall–Kier alpha value is -3.25. The van der Waals surface area contributed by atoms with E-state index in [1.807, 2.05) is 41.3 Å². The Morgan fingerprint density at radius 2 is 1.97 bits per heavy atom. The lowest BCUT2D eigenvalue weighted by Crippen LogP contribution is -2.34. The SMILES string of the molecule is COc1ccc(/C=C/C(=O)N2CCc3[nH]nc(-c4ccc(Cl)cc4)c3C2)c(OC)c1. The predicted octanol–water partition coefficient (Wildman–Crippen LogP) is 4.35. The number of rotatable bonds is 5. The van der Waals surface area contributed by atoms with Crippen molar-refractivity contribution >= 4 is 23.6 Å². The zero-order valence-electron chi connectivity index (χ0n) is 16.8. The van der Waals surface area contributed by atoms with Crippen LogP contribution in [0.1, 0.15) is 16.8 Å². The molecule has 1 aliphatic rings. The van der Waals surface area contributed by atoms with E-state index in [1.165, 1.54) is 0 Å². The van der Waals surface area contributed by atoms with Gasteiger partial charge in [0.15, 0.2) is 0 Å². The summed E-state index contributed by atoms with van der Waals surface area (Å²) in [6.45, 7) is 1.14. The first-order valence-electron chi connectivity index (χ1n) is 9.60. The van der Waals surface area contributed by atoms with E-state index in [1.54, 1.807) is 32.4 Å². The molecule has 1 amide bonds. The van der Waals surface area contributed by atoms with E-state index in [4.69, 9.17) is 21.1 Å². The Morgan fingerprint density at radius 3 is 2.70 bits per heavy atom. The Kier molecular flexibility index (Phi) is 5.77. The van der Waals surface area contributed by atoms with E-state index in [-0.39, 0.29) is 5.91 Å². The van der Waals surface area contributed by atoms with Crippen LogP contribution >= 0.6 is 11.6 Å². The Balaban J connectivity index is 1.52. The summed E-state index contributed by atoms with van der Waals surface area (Å²) in [6, 6.07) is 13.1. The van der Waals surface area contributed by atoms with Crippen molar-refractivity contribution in [2.24, 2.45) is 0 Å². The van der Waals surface area contributed by atoms with E-state index in [2.05, 4.69) is 10.2 Å². The second-order valence-corrected chi connectivity index (χ2v) is 7.42. The first kappa shape index (κ1) is 20.0. The van der Waals surface area contributed by atoms with E-state index >= 15 is 0 Å². The van der Waals surface area contributed by atoms with Crippen molar-refractivity contribution in [3.8, 4) is 22.8 Å². The summed E-state index contributed by atoms with van der Waals surface area (Å²) in [5, 5.41) is 8.27. The molecule has 2 aromatic carbocycles. The second kappa shape index (κ2) is 8.63. The highest BCUT2D eigenvalue weighted by Gasteiger charge is 2.24. The molecular formula is C23H22ClN3O3. The highest BCUT2D eigenvalue weighted by molar-refractivity contribution is 6.30. The van der Waals surface area contributed by atoms with Gasteiger partial charge in [0.2, 0.25) is 5.91 Å². The summed E-state index contributed by atoms with van der Waals surface area (Å²) < 4.78 is 10.6. The van der Waals surface area contributed by atoms with Gasteiger partial charge in [0.05, 0.1) is 19.9 Å². The molecule has 1 N–H and O–H groups in total. The predicted molar refractivity (Wildman–Crippen MR) is 117 cm³/mol. The van der Waals surface area contributed by atoms with Crippen LogP contribution in [0, 0.1) is 0 Å². The van der Waals surface area contributed by atoms with Crippen LogP contribution in [0.4, 0.5) is 0 Å². The van der Waals surface area contributed by atoms with Crippen LogP contribution in [0.15, 0.2) is 48.5 Å². The molecule has 4 rings (SSSR count).